The number of para-hydroxylation sites is 1. The number of halogens is 2. The summed E-state index contributed by atoms with van der Waals surface area (Å²) in [6, 6.07) is 10.7. The number of benzene rings is 2. The molecule has 2 aromatic carbocycles. The van der Waals surface area contributed by atoms with Crippen molar-refractivity contribution in [3.63, 3.8) is 0 Å². The zero-order valence-corrected chi connectivity index (χ0v) is 11.2. The van der Waals surface area contributed by atoms with Crippen LogP contribution < -0.4 is 10.1 Å². The fourth-order valence-electron chi connectivity index (χ4n) is 2.15. The highest BCUT2D eigenvalue weighted by Gasteiger charge is 2.23. The molecule has 1 unspecified atom stereocenters. The molecule has 1 aliphatic rings. The molecule has 1 N–H and O–H groups in total. The summed E-state index contributed by atoms with van der Waals surface area (Å²) in [6.45, 7) is 2.33. The highest BCUT2D eigenvalue weighted by atomic mass is 35.5. The van der Waals surface area contributed by atoms with E-state index in [-0.39, 0.29) is 11.9 Å². The van der Waals surface area contributed by atoms with E-state index in [9.17, 15) is 4.39 Å². The van der Waals surface area contributed by atoms with E-state index in [0.717, 1.165) is 11.3 Å². The molecule has 0 saturated carbocycles. The predicted molar refractivity (Wildman–Crippen MR) is 74.4 cm³/mol. The van der Waals surface area contributed by atoms with E-state index in [4.69, 9.17) is 16.3 Å². The van der Waals surface area contributed by atoms with Crippen molar-refractivity contribution in [2.75, 3.05) is 11.9 Å². The molecule has 0 fully saturated rings. The third-order valence-corrected chi connectivity index (χ3v) is 3.57. The molecule has 1 atom stereocenters. The Morgan fingerprint density at radius 3 is 2.95 bits per heavy atom. The topological polar surface area (TPSA) is 21.3 Å². The van der Waals surface area contributed by atoms with Gasteiger partial charge in [0.2, 0.25) is 0 Å². The van der Waals surface area contributed by atoms with Crippen LogP contribution in [0.15, 0.2) is 36.4 Å². The van der Waals surface area contributed by atoms with Crippen molar-refractivity contribution < 1.29 is 9.13 Å². The fraction of sp³-hybridized carbons (Fsp3) is 0.200. The number of hydrogen-bond donors (Lipinski definition) is 1. The van der Waals surface area contributed by atoms with E-state index < -0.39 is 0 Å². The van der Waals surface area contributed by atoms with Gasteiger partial charge in [0.25, 0.3) is 0 Å². The van der Waals surface area contributed by atoms with Crippen LogP contribution in [0.5, 0.6) is 5.75 Å². The molecule has 0 spiro atoms. The summed E-state index contributed by atoms with van der Waals surface area (Å²) in [7, 11) is 0. The first-order valence-corrected chi connectivity index (χ1v) is 6.48. The second-order valence-electron chi connectivity index (χ2n) is 4.61. The number of anilines is 1. The largest absolute Gasteiger partial charge is 0.480 e. The molecule has 2 nitrogen and oxygen atoms in total. The van der Waals surface area contributed by atoms with Crippen LogP contribution in [0.3, 0.4) is 0 Å². The Bertz CT molecular complexity index is 630. The lowest BCUT2D eigenvalue weighted by atomic mass is 10.1. The van der Waals surface area contributed by atoms with Gasteiger partial charge in [-0.25, -0.2) is 4.39 Å². The van der Waals surface area contributed by atoms with E-state index in [2.05, 4.69) is 5.32 Å². The van der Waals surface area contributed by atoms with E-state index >= 15 is 0 Å². The maximum atomic E-state index is 13.6. The Morgan fingerprint density at radius 2 is 2.16 bits per heavy atom. The van der Waals surface area contributed by atoms with Gasteiger partial charge in [-0.15, -0.1) is 0 Å². The second kappa shape index (κ2) is 4.74. The van der Waals surface area contributed by atoms with Crippen LogP contribution in [0.4, 0.5) is 10.1 Å². The van der Waals surface area contributed by atoms with Crippen LogP contribution in [-0.4, -0.2) is 6.54 Å². The van der Waals surface area contributed by atoms with E-state index in [0.29, 0.717) is 22.9 Å². The summed E-state index contributed by atoms with van der Waals surface area (Å²) in [5.41, 5.74) is 2.31. The van der Waals surface area contributed by atoms with Gasteiger partial charge in [-0.3, -0.25) is 0 Å². The SMILES string of the molecule is Cc1ccc(C2CNc3cccc(Cl)c3O2)cc1F. The second-order valence-corrected chi connectivity index (χ2v) is 5.02. The highest BCUT2D eigenvalue weighted by Crippen LogP contribution is 2.39. The summed E-state index contributed by atoms with van der Waals surface area (Å²) >= 11 is 6.11. The molecule has 0 saturated heterocycles. The zero-order valence-electron chi connectivity index (χ0n) is 10.4. The van der Waals surface area contributed by atoms with Gasteiger partial charge in [-0.05, 0) is 36.2 Å². The average molecular weight is 278 g/mol. The number of fused-ring (bicyclic) bond motifs is 1. The van der Waals surface area contributed by atoms with Crippen molar-refractivity contribution in [1.29, 1.82) is 0 Å². The first kappa shape index (κ1) is 12.3. The number of aryl methyl sites for hydroxylation is 1. The molecular weight excluding hydrogens is 265 g/mol. The Hall–Kier alpha value is -1.74. The van der Waals surface area contributed by atoms with Crippen molar-refractivity contribution in [3.8, 4) is 5.75 Å². The van der Waals surface area contributed by atoms with Crippen molar-refractivity contribution in [1.82, 2.24) is 0 Å². The molecule has 4 heteroatoms. The van der Waals surface area contributed by atoms with Gasteiger partial charge >= 0.3 is 0 Å². The normalized spacial score (nSPS) is 17.3. The van der Waals surface area contributed by atoms with Crippen molar-refractivity contribution in [2.45, 2.75) is 13.0 Å². The lowest BCUT2D eigenvalue weighted by Gasteiger charge is -2.28. The molecule has 0 aliphatic carbocycles. The minimum Gasteiger partial charge on any atom is -0.480 e. The molecule has 2 aromatic rings. The summed E-state index contributed by atoms with van der Waals surface area (Å²) in [6.07, 6.45) is -0.234. The van der Waals surface area contributed by atoms with Crippen LogP contribution in [0, 0.1) is 12.7 Å². The van der Waals surface area contributed by atoms with Crippen molar-refractivity contribution in [2.24, 2.45) is 0 Å². The quantitative estimate of drug-likeness (QED) is 0.837. The van der Waals surface area contributed by atoms with E-state index in [1.54, 1.807) is 19.1 Å². The molecule has 19 heavy (non-hydrogen) atoms. The van der Waals surface area contributed by atoms with Gasteiger partial charge in [0.15, 0.2) is 5.75 Å². The third-order valence-electron chi connectivity index (χ3n) is 3.27. The minimum atomic E-state index is -0.234. The summed E-state index contributed by atoms with van der Waals surface area (Å²) in [5, 5.41) is 3.81. The molecule has 0 aromatic heterocycles. The monoisotopic (exact) mass is 277 g/mol. The van der Waals surface area contributed by atoms with Crippen LogP contribution >= 0.6 is 11.6 Å². The molecular formula is C15H13ClFNO. The van der Waals surface area contributed by atoms with Crippen LogP contribution in [-0.2, 0) is 0 Å². The average Bonchev–Trinajstić information content (AvgIpc) is 2.42. The molecule has 3 rings (SSSR count). The third kappa shape index (κ3) is 2.26. The highest BCUT2D eigenvalue weighted by molar-refractivity contribution is 6.32. The lowest BCUT2D eigenvalue weighted by Crippen LogP contribution is -2.23. The van der Waals surface area contributed by atoms with Crippen LogP contribution in [0.25, 0.3) is 0 Å². The Kier molecular flexibility index (Phi) is 3.07. The van der Waals surface area contributed by atoms with Crippen molar-refractivity contribution >= 4 is 17.3 Å². The maximum absolute atomic E-state index is 13.6. The summed E-state index contributed by atoms with van der Waals surface area (Å²) in [5.74, 6) is 0.410. The first-order chi connectivity index (χ1) is 9.15. The Labute approximate surface area is 116 Å². The zero-order chi connectivity index (χ0) is 13.4. The molecule has 0 bridgehead atoms. The summed E-state index contributed by atoms with van der Waals surface area (Å²) < 4.78 is 19.5. The van der Waals surface area contributed by atoms with Gasteiger partial charge in [0.05, 0.1) is 17.3 Å². The van der Waals surface area contributed by atoms with Crippen LogP contribution in [0.1, 0.15) is 17.2 Å². The fourth-order valence-corrected chi connectivity index (χ4v) is 2.37. The summed E-state index contributed by atoms with van der Waals surface area (Å²) in [4.78, 5) is 0. The molecule has 98 valence electrons. The van der Waals surface area contributed by atoms with Gasteiger partial charge in [-0.1, -0.05) is 29.8 Å². The van der Waals surface area contributed by atoms with Gasteiger partial charge in [0.1, 0.15) is 11.9 Å². The maximum Gasteiger partial charge on any atom is 0.161 e. The van der Waals surface area contributed by atoms with Gasteiger partial charge < -0.3 is 10.1 Å². The standard InChI is InChI=1S/C15H13ClFNO/c1-9-5-6-10(7-12(9)17)14-8-18-13-4-2-3-11(16)15(13)19-14/h2-7,14,18H,8H2,1H3. The Balaban J connectivity index is 1.93. The predicted octanol–water partition coefficient (Wildman–Crippen LogP) is 4.33. The number of hydrogen-bond acceptors (Lipinski definition) is 2. The number of ether oxygens (including phenoxy) is 1. The Morgan fingerprint density at radius 1 is 1.32 bits per heavy atom. The van der Waals surface area contributed by atoms with Gasteiger partial charge in [0, 0.05) is 0 Å². The van der Waals surface area contributed by atoms with Gasteiger partial charge in [-0.2, -0.15) is 0 Å². The number of rotatable bonds is 1. The minimum absolute atomic E-state index is 0.217. The van der Waals surface area contributed by atoms with E-state index in [1.807, 2.05) is 18.2 Å². The number of nitrogens with one attached hydrogen (secondary N) is 1. The van der Waals surface area contributed by atoms with E-state index in [1.165, 1.54) is 6.07 Å². The first-order valence-electron chi connectivity index (χ1n) is 6.10. The molecule has 0 radical (unpaired) electrons. The molecule has 0 amide bonds. The molecule has 1 heterocycles. The smallest absolute Gasteiger partial charge is 0.161 e. The lowest BCUT2D eigenvalue weighted by molar-refractivity contribution is 0.210. The van der Waals surface area contributed by atoms with Crippen molar-refractivity contribution in [3.05, 3.63) is 58.4 Å². The molecule has 1 aliphatic heterocycles. The van der Waals surface area contributed by atoms with Crippen LogP contribution in [0.2, 0.25) is 5.02 Å².